The predicted octanol–water partition coefficient (Wildman–Crippen LogP) is -4.47. The molecule has 0 unspecified atom stereocenters. The molecule has 0 spiro atoms. The van der Waals surface area contributed by atoms with Gasteiger partial charge >= 0.3 is 37.7 Å². The largest absolute Gasteiger partial charge is 1.00 e. The van der Waals surface area contributed by atoms with Gasteiger partial charge in [-0.05, 0) is 0 Å². The number of rotatable bonds is 2. The van der Waals surface area contributed by atoms with Gasteiger partial charge in [0.15, 0.2) is 0 Å². The second kappa shape index (κ2) is 15.7. The summed E-state index contributed by atoms with van der Waals surface area (Å²) in [7, 11) is 0. The molecule has 0 aliphatic carbocycles. The molecule has 0 aliphatic heterocycles. The van der Waals surface area contributed by atoms with Crippen LogP contribution in [0.5, 0.6) is 0 Å². The first-order valence-corrected chi connectivity index (χ1v) is 1.67. The van der Waals surface area contributed by atoms with E-state index in [1.54, 1.807) is 12.2 Å². The molecule has 0 saturated carbocycles. The van der Waals surface area contributed by atoms with Crippen molar-refractivity contribution in [2.24, 2.45) is 0 Å². The number of allylic oxidation sites excluding steroid dienone is 4. The van der Waals surface area contributed by atoms with Crippen LogP contribution in [0.15, 0.2) is 24.3 Å². The van der Waals surface area contributed by atoms with Gasteiger partial charge in [0.1, 0.15) is 0 Å². The Morgan fingerprint density at radius 1 is 0.750 bits per heavy atom. The van der Waals surface area contributed by atoms with Crippen LogP contribution in [0.2, 0.25) is 0 Å². The molecule has 32 valence electrons. The van der Waals surface area contributed by atoms with Crippen molar-refractivity contribution in [3.05, 3.63) is 37.5 Å². The van der Waals surface area contributed by atoms with E-state index in [-0.39, 0.29) is 37.7 Å². The van der Waals surface area contributed by atoms with Gasteiger partial charge in [0.05, 0.1) is 0 Å². The average molecular weight is 92.0 g/mol. The molecule has 0 fully saturated rings. The molecule has 2 heteroatoms. The smallest absolute Gasteiger partial charge is 0.294 e. The molecule has 0 radical (unpaired) electrons. The van der Waals surface area contributed by atoms with Crippen LogP contribution >= 0.6 is 0 Å². The Morgan fingerprint density at radius 3 is 1.12 bits per heavy atom. The minimum atomic E-state index is 0. The molecule has 0 atom stereocenters. The van der Waals surface area contributed by atoms with Gasteiger partial charge in [0.25, 0.3) is 0 Å². The van der Waals surface area contributed by atoms with E-state index >= 15 is 0 Å². The molecular formula is C6H6Li2. The van der Waals surface area contributed by atoms with Gasteiger partial charge < -0.3 is 0 Å². The van der Waals surface area contributed by atoms with Crippen molar-refractivity contribution in [1.29, 1.82) is 0 Å². The topological polar surface area (TPSA) is 0 Å². The van der Waals surface area contributed by atoms with E-state index in [2.05, 4.69) is 0 Å². The van der Waals surface area contributed by atoms with Gasteiger partial charge in [-0.15, -0.1) is 0 Å². The molecule has 0 aromatic carbocycles. The second-order valence-electron chi connectivity index (χ2n) is 0.770. The fourth-order valence-electron chi connectivity index (χ4n) is 0.128. The maximum atomic E-state index is 4.93. The maximum absolute atomic E-state index is 4.93. The molecule has 0 nitrogen and oxygen atoms in total. The summed E-state index contributed by atoms with van der Waals surface area (Å²) in [5.41, 5.74) is 0. The summed E-state index contributed by atoms with van der Waals surface area (Å²) < 4.78 is 0. The Kier molecular flexibility index (Phi) is 30.9. The molecule has 0 amide bonds. The van der Waals surface area contributed by atoms with Crippen molar-refractivity contribution in [2.45, 2.75) is 0 Å². The van der Waals surface area contributed by atoms with Crippen molar-refractivity contribution in [2.75, 3.05) is 0 Å². The summed E-state index contributed by atoms with van der Waals surface area (Å²) in [5, 5.41) is 0. The Morgan fingerprint density at radius 2 is 1.00 bits per heavy atom. The molecule has 0 heterocycles. The maximum Gasteiger partial charge on any atom is 1.00 e. The monoisotopic (exact) mass is 92.1 g/mol. The first-order valence-electron chi connectivity index (χ1n) is 1.67. The third-order valence-corrected chi connectivity index (χ3v) is 0.333. The molecule has 0 saturated heterocycles. The summed E-state index contributed by atoms with van der Waals surface area (Å²) in [6.45, 7) is 9.85. The minimum Gasteiger partial charge on any atom is -0.294 e. The van der Waals surface area contributed by atoms with Gasteiger partial charge in [0, 0.05) is 0 Å². The second-order valence-corrected chi connectivity index (χ2v) is 0.770. The van der Waals surface area contributed by atoms with Gasteiger partial charge in [-0.3, -0.25) is 37.5 Å². The summed E-state index contributed by atoms with van der Waals surface area (Å²) in [4.78, 5) is 0. The Labute approximate surface area is 75.1 Å². The summed E-state index contributed by atoms with van der Waals surface area (Å²) in [6, 6.07) is 0. The molecule has 0 N–H and O–H groups in total. The Bertz CT molecular complexity index is 64.6. The number of hydrogen-bond donors (Lipinski definition) is 0. The first-order chi connectivity index (χ1) is 2.91. The van der Waals surface area contributed by atoms with E-state index in [0.29, 0.717) is 0 Å². The van der Waals surface area contributed by atoms with E-state index < -0.39 is 0 Å². The van der Waals surface area contributed by atoms with E-state index in [1.807, 2.05) is 0 Å². The molecule has 0 bridgehead atoms. The van der Waals surface area contributed by atoms with Crippen LogP contribution in [-0.2, 0) is 0 Å². The molecule has 0 aromatic rings. The van der Waals surface area contributed by atoms with Crippen LogP contribution in [0, 0.1) is 13.2 Å². The normalized spacial score (nSPS) is 6.50. The summed E-state index contributed by atoms with van der Waals surface area (Å²) in [5.74, 6) is 0. The Hall–Kier alpha value is 0.415. The SMILES string of the molecule is [CH-]=CC=CC=[CH-].[Li+].[Li+]. The first kappa shape index (κ1) is 15.8. The average Bonchev–Trinajstić information content (AvgIpc) is 1.61. The van der Waals surface area contributed by atoms with Crippen molar-refractivity contribution >= 4 is 0 Å². The summed E-state index contributed by atoms with van der Waals surface area (Å²) >= 11 is 0. The van der Waals surface area contributed by atoms with Crippen molar-refractivity contribution in [3.8, 4) is 0 Å². The fourth-order valence-corrected chi connectivity index (χ4v) is 0.128. The van der Waals surface area contributed by atoms with E-state index in [4.69, 9.17) is 13.2 Å². The van der Waals surface area contributed by atoms with Crippen molar-refractivity contribution < 1.29 is 37.7 Å². The van der Waals surface area contributed by atoms with E-state index in [9.17, 15) is 0 Å². The van der Waals surface area contributed by atoms with Crippen LogP contribution in [-0.4, -0.2) is 0 Å². The third-order valence-electron chi connectivity index (χ3n) is 0.333. The quantitative estimate of drug-likeness (QED) is 0.183. The van der Waals surface area contributed by atoms with Gasteiger partial charge in [0.2, 0.25) is 0 Å². The van der Waals surface area contributed by atoms with Crippen molar-refractivity contribution in [3.63, 3.8) is 0 Å². The molecule has 0 aliphatic rings. The van der Waals surface area contributed by atoms with Crippen LogP contribution in [0.4, 0.5) is 0 Å². The minimum absolute atomic E-state index is 0. The number of hydrogen-bond acceptors (Lipinski definition) is 0. The Balaban J connectivity index is -0.000000125. The van der Waals surface area contributed by atoms with E-state index in [0.717, 1.165) is 0 Å². The van der Waals surface area contributed by atoms with Crippen LogP contribution < -0.4 is 37.7 Å². The molecular weight excluding hydrogens is 85.9 g/mol. The van der Waals surface area contributed by atoms with Gasteiger partial charge in [-0.25, -0.2) is 0 Å². The van der Waals surface area contributed by atoms with Crippen LogP contribution in [0.25, 0.3) is 0 Å². The van der Waals surface area contributed by atoms with Crippen molar-refractivity contribution in [1.82, 2.24) is 0 Å². The van der Waals surface area contributed by atoms with Gasteiger partial charge in [-0.2, -0.15) is 0 Å². The molecule has 0 rings (SSSR count). The fraction of sp³-hybridized carbons (Fsp3) is 0. The standard InChI is InChI=1S/C6H6.2Li/c1-3-5-6-4-2;;/h1-6H;;/q-2;2*+1. The predicted molar refractivity (Wildman–Crippen MR) is 26.9 cm³/mol. The van der Waals surface area contributed by atoms with Crippen LogP contribution in [0.1, 0.15) is 0 Å². The van der Waals surface area contributed by atoms with Crippen LogP contribution in [0.3, 0.4) is 0 Å². The zero-order valence-electron chi connectivity index (χ0n) is 5.46. The summed E-state index contributed by atoms with van der Waals surface area (Å²) in [6.07, 6.45) is 6.15. The van der Waals surface area contributed by atoms with E-state index in [1.165, 1.54) is 12.2 Å². The van der Waals surface area contributed by atoms with Gasteiger partial charge in [-0.1, -0.05) is 0 Å². The third kappa shape index (κ3) is 16.1. The molecule has 8 heavy (non-hydrogen) atoms. The zero-order valence-corrected chi connectivity index (χ0v) is 5.46. The zero-order chi connectivity index (χ0) is 4.83. The molecule has 0 aromatic heterocycles.